The molecule has 4 rings (SSSR count). The summed E-state index contributed by atoms with van der Waals surface area (Å²) in [4.78, 5) is 25.0. The summed E-state index contributed by atoms with van der Waals surface area (Å²) in [5.74, 6) is 0.209. The SMILES string of the molecule is CC(=O)c1ccc(Oc2ccc3c(c2)CC[C@H]3c2oc(=O)[nH]c2O)c(Cl)c1. The highest BCUT2D eigenvalue weighted by Crippen LogP contribution is 2.42. The fourth-order valence-electron chi connectivity index (χ4n) is 3.43. The summed E-state index contributed by atoms with van der Waals surface area (Å²) in [6.45, 7) is 1.48. The van der Waals surface area contributed by atoms with E-state index in [0.717, 1.165) is 24.0 Å². The van der Waals surface area contributed by atoms with Crippen LogP contribution in [0.4, 0.5) is 0 Å². The maximum atomic E-state index is 11.4. The van der Waals surface area contributed by atoms with Gasteiger partial charge >= 0.3 is 5.76 Å². The average molecular weight is 386 g/mol. The molecular weight excluding hydrogens is 370 g/mol. The number of oxazole rings is 1. The molecule has 2 N–H and O–H groups in total. The van der Waals surface area contributed by atoms with Crippen LogP contribution in [0.15, 0.2) is 45.6 Å². The van der Waals surface area contributed by atoms with E-state index in [1.807, 2.05) is 12.1 Å². The molecule has 0 unspecified atom stereocenters. The summed E-state index contributed by atoms with van der Waals surface area (Å²) < 4.78 is 11.0. The van der Waals surface area contributed by atoms with Crippen molar-refractivity contribution in [2.24, 2.45) is 0 Å². The zero-order valence-electron chi connectivity index (χ0n) is 14.4. The van der Waals surface area contributed by atoms with Crippen LogP contribution >= 0.6 is 11.6 Å². The van der Waals surface area contributed by atoms with Gasteiger partial charge in [0.15, 0.2) is 11.5 Å². The molecule has 138 valence electrons. The lowest BCUT2D eigenvalue weighted by molar-refractivity contribution is 0.101. The van der Waals surface area contributed by atoms with E-state index in [1.54, 1.807) is 24.3 Å². The molecule has 1 heterocycles. The molecule has 1 aromatic heterocycles. The quantitative estimate of drug-likeness (QED) is 0.649. The Morgan fingerprint density at radius 3 is 2.78 bits per heavy atom. The Balaban J connectivity index is 1.60. The van der Waals surface area contributed by atoms with E-state index >= 15 is 0 Å². The number of aromatic amines is 1. The summed E-state index contributed by atoms with van der Waals surface area (Å²) in [6.07, 6.45) is 1.49. The molecule has 0 fully saturated rings. The van der Waals surface area contributed by atoms with Crippen LogP contribution in [0.3, 0.4) is 0 Å². The topological polar surface area (TPSA) is 92.5 Å². The normalized spacial score (nSPS) is 15.6. The third-order valence-electron chi connectivity index (χ3n) is 4.73. The molecule has 0 aliphatic heterocycles. The minimum absolute atomic E-state index is 0.0633. The van der Waals surface area contributed by atoms with Gasteiger partial charge in [-0.2, -0.15) is 0 Å². The van der Waals surface area contributed by atoms with Crippen LogP contribution < -0.4 is 10.5 Å². The van der Waals surface area contributed by atoms with Gasteiger partial charge in [-0.15, -0.1) is 0 Å². The Morgan fingerprint density at radius 2 is 2.11 bits per heavy atom. The molecule has 1 aliphatic carbocycles. The first-order valence-electron chi connectivity index (χ1n) is 8.45. The zero-order valence-corrected chi connectivity index (χ0v) is 15.2. The molecule has 0 spiro atoms. The van der Waals surface area contributed by atoms with Crippen molar-refractivity contribution in [2.45, 2.75) is 25.7 Å². The molecule has 1 atom stereocenters. The van der Waals surface area contributed by atoms with Crippen molar-refractivity contribution in [2.75, 3.05) is 0 Å². The van der Waals surface area contributed by atoms with Gasteiger partial charge in [0, 0.05) is 11.5 Å². The van der Waals surface area contributed by atoms with Crippen LogP contribution in [0.2, 0.25) is 5.02 Å². The number of ether oxygens (including phenoxy) is 1. The zero-order chi connectivity index (χ0) is 19.1. The predicted octanol–water partition coefficient (Wildman–Crippen LogP) is 4.40. The summed E-state index contributed by atoms with van der Waals surface area (Å²) in [5.41, 5.74) is 2.56. The van der Waals surface area contributed by atoms with Gasteiger partial charge in [0.1, 0.15) is 11.5 Å². The highest BCUT2D eigenvalue weighted by Gasteiger charge is 2.30. The lowest BCUT2D eigenvalue weighted by Crippen LogP contribution is -1.97. The van der Waals surface area contributed by atoms with Crippen molar-refractivity contribution in [3.05, 3.63) is 74.4 Å². The maximum Gasteiger partial charge on any atom is 0.419 e. The van der Waals surface area contributed by atoms with E-state index < -0.39 is 5.76 Å². The number of aromatic hydroxyl groups is 1. The number of Topliss-reactive ketones (excluding diaryl/α,β-unsaturated/α-hetero) is 1. The van der Waals surface area contributed by atoms with Gasteiger partial charge in [-0.25, -0.2) is 4.79 Å². The molecule has 0 radical (unpaired) electrons. The van der Waals surface area contributed by atoms with Crippen LogP contribution in [0, 0.1) is 0 Å². The van der Waals surface area contributed by atoms with E-state index in [1.165, 1.54) is 6.92 Å². The standard InChI is InChI=1S/C20H16ClNO5/c1-10(23)11-3-7-17(16(21)9-11)26-13-4-6-14-12(8-13)2-5-15(14)18-19(24)22-20(25)27-18/h3-4,6-9,15,24H,2,5H2,1H3,(H,22,25)/t15-/m1/s1. The van der Waals surface area contributed by atoms with E-state index in [9.17, 15) is 14.7 Å². The number of halogens is 1. The maximum absolute atomic E-state index is 11.4. The number of rotatable bonds is 4. The molecule has 1 aliphatic rings. The fourth-order valence-corrected chi connectivity index (χ4v) is 3.65. The van der Waals surface area contributed by atoms with Crippen molar-refractivity contribution >= 4 is 17.4 Å². The first-order valence-corrected chi connectivity index (χ1v) is 8.83. The van der Waals surface area contributed by atoms with Gasteiger partial charge in [-0.3, -0.25) is 9.78 Å². The number of H-pyrrole nitrogens is 1. The Bertz CT molecular complexity index is 1100. The number of carbonyl (C=O) groups is 1. The van der Waals surface area contributed by atoms with Crippen molar-refractivity contribution in [3.63, 3.8) is 0 Å². The van der Waals surface area contributed by atoms with Crippen LogP contribution in [-0.4, -0.2) is 15.9 Å². The van der Waals surface area contributed by atoms with Gasteiger partial charge in [-0.05, 0) is 61.2 Å². The Hall–Kier alpha value is -2.99. The first kappa shape index (κ1) is 17.4. The summed E-state index contributed by atoms with van der Waals surface area (Å²) >= 11 is 6.21. The van der Waals surface area contributed by atoms with Crippen molar-refractivity contribution in [1.82, 2.24) is 4.98 Å². The summed E-state index contributed by atoms with van der Waals surface area (Å²) in [6, 6.07) is 10.5. The Labute approximate surface area is 159 Å². The largest absolute Gasteiger partial charge is 0.492 e. The number of carbonyl (C=O) groups excluding carboxylic acids is 1. The molecule has 0 bridgehead atoms. The van der Waals surface area contributed by atoms with Gasteiger partial charge in [0.05, 0.1) is 5.02 Å². The second-order valence-corrected chi connectivity index (χ2v) is 6.89. The smallest absolute Gasteiger partial charge is 0.419 e. The number of aromatic nitrogens is 1. The number of ketones is 1. The minimum atomic E-state index is -0.667. The molecule has 0 amide bonds. The van der Waals surface area contributed by atoms with Gasteiger partial charge in [0.2, 0.25) is 5.88 Å². The van der Waals surface area contributed by atoms with Gasteiger partial charge in [0.25, 0.3) is 0 Å². The highest BCUT2D eigenvalue weighted by molar-refractivity contribution is 6.32. The van der Waals surface area contributed by atoms with Crippen LogP contribution in [0.25, 0.3) is 0 Å². The lowest BCUT2D eigenvalue weighted by atomic mass is 9.99. The number of hydrogen-bond acceptors (Lipinski definition) is 5. The lowest BCUT2D eigenvalue weighted by Gasteiger charge is -2.12. The highest BCUT2D eigenvalue weighted by atomic mass is 35.5. The van der Waals surface area contributed by atoms with E-state index in [0.29, 0.717) is 22.1 Å². The monoisotopic (exact) mass is 385 g/mol. The van der Waals surface area contributed by atoms with Crippen LogP contribution in [0.1, 0.15) is 46.5 Å². The third kappa shape index (κ3) is 3.24. The number of hydrogen-bond donors (Lipinski definition) is 2. The number of benzene rings is 2. The molecular formula is C20H16ClNO5. The van der Waals surface area contributed by atoms with Crippen molar-refractivity contribution < 1.29 is 19.1 Å². The molecule has 6 nitrogen and oxygen atoms in total. The van der Waals surface area contributed by atoms with E-state index in [4.69, 9.17) is 20.8 Å². The number of nitrogens with one attached hydrogen (secondary N) is 1. The first-order chi connectivity index (χ1) is 12.9. The van der Waals surface area contributed by atoms with E-state index in [-0.39, 0.29) is 23.3 Å². The summed E-state index contributed by atoms with van der Waals surface area (Å²) in [7, 11) is 0. The molecule has 7 heteroatoms. The Kier molecular flexibility index (Phi) is 4.28. The van der Waals surface area contributed by atoms with Crippen molar-refractivity contribution in [1.29, 1.82) is 0 Å². The number of fused-ring (bicyclic) bond motifs is 1. The van der Waals surface area contributed by atoms with E-state index in [2.05, 4.69) is 4.98 Å². The molecule has 0 saturated heterocycles. The molecule has 3 aromatic rings. The van der Waals surface area contributed by atoms with Crippen LogP contribution in [0.5, 0.6) is 17.4 Å². The predicted molar refractivity (Wildman–Crippen MR) is 99.1 cm³/mol. The minimum Gasteiger partial charge on any atom is -0.492 e. The molecule has 2 aromatic carbocycles. The third-order valence-corrected chi connectivity index (χ3v) is 5.03. The molecule has 27 heavy (non-hydrogen) atoms. The fraction of sp³-hybridized carbons (Fsp3) is 0.200. The summed E-state index contributed by atoms with van der Waals surface area (Å²) in [5, 5.41) is 10.2. The van der Waals surface area contributed by atoms with Gasteiger partial charge < -0.3 is 14.3 Å². The second kappa shape index (κ2) is 6.63. The van der Waals surface area contributed by atoms with Crippen LogP contribution in [-0.2, 0) is 6.42 Å². The second-order valence-electron chi connectivity index (χ2n) is 6.48. The van der Waals surface area contributed by atoms with Gasteiger partial charge in [-0.1, -0.05) is 17.7 Å². The average Bonchev–Trinajstić information content (AvgIpc) is 3.18. The molecule has 0 saturated carbocycles. The Morgan fingerprint density at radius 1 is 1.30 bits per heavy atom. The number of aryl methyl sites for hydroxylation is 1. The van der Waals surface area contributed by atoms with Crippen molar-refractivity contribution in [3.8, 4) is 17.4 Å².